The number of pyridine rings is 1. The number of nitriles is 1. The van der Waals surface area contributed by atoms with Crippen molar-refractivity contribution in [2.45, 2.75) is 0 Å². The Kier molecular flexibility index (Phi) is 3.43. The average Bonchev–Trinajstić information content (AvgIpc) is 2.56. The molecular weight excluding hydrogens is 266 g/mol. The maximum Gasteiger partial charge on any atom is 0.152 e. The van der Waals surface area contributed by atoms with E-state index in [0.29, 0.717) is 22.9 Å². The Morgan fingerprint density at radius 2 is 1.95 bits per heavy atom. The number of hydrogen-bond acceptors (Lipinski definition) is 7. The smallest absolute Gasteiger partial charge is 0.152 e. The van der Waals surface area contributed by atoms with Crippen LogP contribution in [0.1, 0.15) is 5.56 Å². The van der Waals surface area contributed by atoms with Crippen LogP contribution in [-0.2, 0) is 0 Å². The molecule has 0 spiro atoms. The fourth-order valence-corrected chi connectivity index (χ4v) is 1.70. The van der Waals surface area contributed by atoms with Crippen molar-refractivity contribution in [2.75, 3.05) is 5.32 Å². The minimum absolute atomic E-state index is 0.336. The van der Waals surface area contributed by atoms with Gasteiger partial charge in [-0.25, -0.2) is 15.0 Å². The SMILES string of the molecule is N#Cc1cncnc1Nc1cncc(-c2ccccn2)n1. The molecule has 0 amide bonds. The summed E-state index contributed by atoms with van der Waals surface area (Å²) in [6.07, 6.45) is 7.66. The highest BCUT2D eigenvalue weighted by Crippen LogP contribution is 2.18. The van der Waals surface area contributed by atoms with E-state index in [2.05, 4.69) is 30.2 Å². The zero-order valence-corrected chi connectivity index (χ0v) is 10.8. The molecule has 0 fully saturated rings. The molecule has 21 heavy (non-hydrogen) atoms. The molecular formula is C14H9N7. The molecule has 1 N–H and O–H groups in total. The van der Waals surface area contributed by atoms with Crippen LogP contribution in [-0.4, -0.2) is 24.9 Å². The molecule has 3 heterocycles. The Morgan fingerprint density at radius 3 is 2.76 bits per heavy atom. The first kappa shape index (κ1) is 12.6. The Labute approximate surface area is 120 Å². The summed E-state index contributed by atoms with van der Waals surface area (Å²) in [5.74, 6) is 0.869. The highest BCUT2D eigenvalue weighted by atomic mass is 15.1. The lowest BCUT2D eigenvalue weighted by Gasteiger charge is -2.06. The van der Waals surface area contributed by atoms with E-state index in [1.54, 1.807) is 18.6 Å². The molecule has 0 aliphatic rings. The van der Waals surface area contributed by atoms with Crippen LogP contribution in [0.4, 0.5) is 11.6 Å². The van der Waals surface area contributed by atoms with E-state index in [9.17, 15) is 0 Å². The molecule has 0 saturated heterocycles. The van der Waals surface area contributed by atoms with Crippen molar-refractivity contribution < 1.29 is 0 Å². The highest BCUT2D eigenvalue weighted by molar-refractivity contribution is 5.61. The second kappa shape index (κ2) is 5.71. The summed E-state index contributed by atoms with van der Waals surface area (Å²) in [5.41, 5.74) is 1.69. The second-order valence-electron chi connectivity index (χ2n) is 4.03. The highest BCUT2D eigenvalue weighted by Gasteiger charge is 2.07. The first-order valence-electron chi connectivity index (χ1n) is 6.07. The molecule has 0 bridgehead atoms. The first-order valence-corrected chi connectivity index (χ1v) is 6.07. The van der Waals surface area contributed by atoms with Crippen molar-refractivity contribution in [2.24, 2.45) is 0 Å². The first-order chi connectivity index (χ1) is 10.4. The van der Waals surface area contributed by atoms with Crippen LogP contribution in [0.2, 0.25) is 0 Å². The summed E-state index contributed by atoms with van der Waals surface area (Å²) in [6.45, 7) is 0. The molecule has 0 atom stereocenters. The summed E-state index contributed by atoms with van der Waals surface area (Å²) in [4.78, 5) is 20.6. The number of nitrogens with zero attached hydrogens (tertiary/aromatic N) is 6. The molecule has 0 radical (unpaired) electrons. The zero-order chi connectivity index (χ0) is 14.5. The average molecular weight is 275 g/mol. The lowest BCUT2D eigenvalue weighted by atomic mass is 10.3. The summed E-state index contributed by atoms with van der Waals surface area (Å²) < 4.78 is 0. The topological polar surface area (TPSA) is 100 Å². The van der Waals surface area contributed by atoms with Crippen LogP contribution in [0, 0.1) is 11.3 Å². The number of rotatable bonds is 3. The Morgan fingerprint density at radius 1 is 1.00 bits per heavy atom. The summed E-state index contributed by atoms with van der Waals surface area (Å²) in [6, 6.07) is 7.57. The van der Waals surface area contributed by atoms with Crippen LogP contribution >= 0.6 is 0 Å². The monoisotopic (exact) mass is 275 g/mol. The minimum Gasteiger partial charge on any atom is -0.322 e. The third kappa shape index (κ3) is 2.79. The van der Waals surface area contributed by atoms with Crippen molar-refractivity contribution in [3.05, 3.63) is 54.9 Å². The molecule has 0 unspecified atom stereocenters. The molecule has 7 heteroatoms. The van der Waals surface area contributed by atoms with Gasteiger partial charge in [-0.3, -0.25) is 9.97 Å². The standard InChI is InChI=1S/C14H9N7/c15-5-10-6-17-9-19-14(10)21-13-8-16-7-12(20-13)11-3-1-2-4-18-11/h1-4,6-9H,(H,17,19,20,21). The van der Waals surface area contributed by atoms with Crippen LogP contribution in [0.5, 0.6) is 0 Å². The van der Waals surface area contributed by atoms with Crippen molar-refractivity contribution in [1.82, 2.24) is 24.9 Å². The molecule has 7 nitrogen and oxygen atoms in total. The van der Waals surface area contributed by atoms with Crippen LogP contribution < -0.4 is 5.32 Å². The predicted molar refractivity (Wildman–Crippen MR) is 75.3 cm³/mol. The maximum atomic E-state index is 9.01. The van der Waals surface area contributed by atoms with Gasteiger partial charge in [0.25, 0.3) is 0 Å². The van der Waals surface area contributed by atoms with Gasteiger partial charge >= 0.3 is 0 Å². The van der Waals surface area contributed by atoms with Gasteiger partial charge in [0.05, 0.1) is 24.3 Å². The van der Waals surface area contributed by atoms with E-state index in [4.69, 9.17) is 5.26 Å². The van der Waals surface area contributed by atoms with E-state index in [1.165, 1.54) is 12.5 Å². The van der Waals surface area contributed by atoms with E-state index < -0.39 is 0 Å². The number of hydrogen-bond donors (Lipinski definition) is 1. The molecule has 3 aromatic heterocycles. The minimum atomic E-state index is 0.336. The van der Waals surface area contributed by atoms with Crippen LogP contribution in [0.15, 0.2) is 49.3 Å². The van der Waals surface area contributed by atoms with Crippen molar-refractivity contribution in [3.8, 4) is 17.5 Å². The van der Waals surface area contributed by atoms with Gasteiger partial charge in [0, 0.05) is 6.20 Å². The van der Waals surface area contributed by atoms with Gasteiger partial charge < -0.3 is 5.32 Å². The van der Waals surface area contributed by atoms with Crippen molar-refractivity contribution in [3.63, 3.8) is 0 Å². The summed E-state index contributed by atoms with van der Waals surface area (Å²) in [7, 11) is 0. The van der Waals surface area contributed by atoms with Crippen molar-refractivity contribution in [1.29, 1.82) is 5.26 Å². The maximum absolute atomic E-state index is 9.01. The van der Waals surface area contributed by atoms with Gasteiger partial charge in [0.1, 0.15) is 23.7 Å². The predicted octanol–water partition coefficient (Wildman–Crippen LogP) is 1.94. The number of anilines is 2. The number of nitrogens with one attached hydrogen (secondary N) is 1. The zero-order valence-electron chi connectivity index (χ0n) is 10.8. The Bertz CT molecular complexity index is 796. The molecule has 3 rings (SSSR count). The molecule has 0 aliphatic carbocycles. The van der Waals surface area contributed by atoms with E-state index in [-0.39, 0.29) is 0 Å². The fraction of sp³-hybridized carbons (Fsp3) is 0. The quantitative estimate of drug-likeness (QED) is 0.779. The van der Waals surface area contributed by atoms with E-state index >= 15 is 0 Å². The van der Waals surface area contributed by atoms with E-state index in [1.807, 2.05) is 24.3 Å². The lowest BCUT2D eigenvalue weighted by molar-refractivity contribution is 1.13. The van der Waals surface area contributed by atoms with Gasteiger partial charge in [-0.1, -0.05) is 6.07 Å². The Balaban J connectivity index is 1.93. The Hall–Kier alpha value is -3.40. The third-order valence-corrected chi connectivity index (χ3v) is 2.64. The largest absolute Gasteiger partial charge is 0.322 e. The van der Waals surface area contributed by atoms with Crippen LogP contribution in [0.3, 0.4) is 0 Å². The summed E-state index contributed by atoms with van der Waals surface area (Å²) in [5, 5.41) is 12.0. The molecule has 100 valence electrons. The van der Waals surface area contributed by atoms with Gasteiger partial charge in [0.15, 0.2) is 11.6 Å². The van der Waals surface area contributed by atoms with Gasteiger partial charge in [-0.05, 0) is 12.1 Å². The van der Waals surface area contributed by atoms with Gasteiger partial charge in [-0.15, -0.1) is 0 Å². The molecule has 0 saturated carbocycles. The molecule has 0 aliphatic heterocycles. The number of aromatic nitrogens is 5. The summed E-state index contributed by atoms with van der Waals surface area (Å²) >= 11 is 0. The van der Waals surface area contributed by atoms with E-state index in [0.717, 1.165) is 5.69 Å². The van der Waals surface area contributed by atoms with Crippen LogP contribution in [0.25, 0.3) is 11.4 Å². The third-order valence-electron chi connectivity index (χ3n) is 2.64. The molecule has 3 aromatic rings. The fourth-order valence-electron chi connectivity index (χ4n) is 1.70. The van der Waals surface area contributed by atoms with Gasteiger partial charge in [-0.2, -0.15) is 5.26 Å². The second-order valence-corrected chi connectivity index (χ2v) is 4.03. The van der Waals surface area contributed by atoms with Crippen molar-refractivity contribution >= 4 is 11.6 Å². The lowest BCUT2D eigenvalue weighted by Crippen LogP contribution is -2.01. The van der Waals surface area contributed by atoms with Gasteiger partial charge in [0.2, 0.25) is 0 Å². The normalized spacial score (nSPS) is 9.86. The molecule has 0 aromatic carbocycles.